The van der Waals surface area contributed by atoms with E-state index in [9.17, 15) is 9.59 Å². The monoisotopic (exact) mass is 324 g/mol. The van der Waals surface area contributed by atoms with Gasteiger partial charge in [0.05, 0.1) is 6.04 Å². The summed E-state index contributed by atoms with van der Waals surface area (Å²) >= 11 is 0. The lowest BCUT2D eigenvalue weighted by atomic mass is 9.87. The molecule has 0 aromatic carbocycles. The molecule has 2 aliphatic rings. The smallest absolute Gasteiger partial charge is 0.303 e. The van der Waals surface area contributed by atoms with Crippen molar-refractivity contribution in [1.82, 2.24) is 10.2 Å². The first-order chi connectivity index (χ1) is 11.0. The van der Waals surface area contributed by atoms with Crippen molar-refractivity contribution < 1.29 is 14.7 Å². The number of piperidine rings is 1. The Balaban J connectivity index is 1.77. The highest BCUT2D eigenvalue weighted by Crippen LogP contribution is 2.25. The molecule has 0 aromatic heterocycles. The molecule has 1 aliphatic carbocycles. The molecule has 0 bridgehead atoms. The van der Waals surface area contributed by atoms with Crippen molar-refractivity contribution in [2.75, 3.05) is 13.1 Å². The number of carboxylic acid groups (broad SMARTS) is 1. The first kappa shape index (κ1) is 18.2. The second kappa shape index (κ2) is 8.67. The Morgan fingerprint density at radius 3 is 2.57 bits per heavy atom. The van der Waals surface area contributed by atoms with E-state index in [-0.39, 0.29) is 18.4 Å². The van der Waals surface area contributed by atoms with E-state index in [0.717, 1.165) is 51.1 Å². The molecular weight excluding hydrogens is 292 g/mol. The molecule has 0 spiro atoms. The summed E-state index contributed by atoms with van der Waals surface area (Å²) in [6.45, 7) is 6.06. The zero-order valence-corrected chi connectivity index (χ0v) is 14.6. The first-order valence-corrected chi connectivity index (χ1v) is 9.22. The minimum Gasteiger partial charge on any atom is -0.481 e. The van der Waals surface area contributed by atoms with Crippen molar-refractivity contribution in [3.63, 3.8) is 0 Å². The summed E-state index contributed by atoms with van der Waals surface area (Å²) < 4.78 is 0. The first-order valence-electron chi connectivity index (χ1n) is 9.22. The molecule has 5 nitrogen and oxygen atoms in total. The minimum absolute atomic E-state index is 0.109. The van der Waals surface area contributed by atoms with Crippen LogP contribution in [0.3, 0.4) is 0 Å². The van der Waals surface area contributed by atoms with Crippen molar-refractivity contribution in [1.29, 1.82) is 0 Å². The fraction of sp³-hybridized carbons (Fsp3) is 0.889. The zero-order valence-electron chi connectivity index (χ0n) is 14.6. The number of rotatable bonds is 6. The van der Waals surface area contributed by atoms with Crippen LogP contribution in [0.2, 0.25) is 0 Å². The topological polar surface area (TPSA) is 69.6 Å². The third-order valence-corrected chi connectivity index (χ3v) is 5.61. The molecule has 1 heterocycles. The lowest BCUT2D eigenvalue weighted by molar-refractivity contribution is -0.137. The highest BCUT2D eigenvalue weighted by molar-refractivity contribution is 5.81. The summed E-state index contributed by atoms with van der Waals surface area (Å²) in [6.07, 6.45) is 7.71. The fourth-order valence-electron chi connectivity index (χ4n) is 3.90. The quantitative estimate of drug-likeness (QED) is 0.788. The fourth-order valence-corrected chi connectivity index (χ4v) is 3.90. The van der Waals surface area contributed by atoms with Gasteiger partial charge in [-0.1, -0.05) is 6.92 Å². The molecule has 0 radical (unpaired) electrons. The lowest BCUT2D eigenvalue weighted by Crippen LogP contribution is -2.51. The SMILES string of the molecule is CC1CCC(NC(=O)C(C)N2CCCC(CCC(=O)O)C2)CC1. The van der Waals surface area contributed by atoms with E-state index in [2.05, 4.69) is 17.1 Å². The number of hydrogen-bond acceptors (Lipinski definition) is 3. The maximum atomic E-state index is 12.5. The number of carboxylic acids is 1. The van der Waals surface area contributed by atoms with Crippen LogP contribution in [-0.2, 0) is 9.59 Å². The molecule has 2 rings (SSSR count). The van der Waals surface area contributed by atoms with E-state index in [0.29, 0.717) is 12.0 Å². The molecule has 1 saturated heterocycles. The van der Waals surface area contributed by atoms with Gasteiger partial charge >= 0.3 is 5.97 Å². The van der Waals surface area contributed by atoms with Crippen LogP contribution in [0.15, 0.2) is 0 Å². The maximum absolute atomic E-state index is 12.5. The number of nitrogens with one attached hydrogen (secondary N) is 1. The number of carbonyl (C=O) groups excluding carboxylic acids is 1. The Labute approximate surface area is 139 Å². The van der Waals surface area contributed by atoms with Gasteiger partial charge in [-0.15, -0.1) is 0 Å². The van der Waals surface area contributed by atoms with Crippen LogP contribution >= 0.6 is 0 Å². The molecule has 0 aromatic rings. The van der Waals surface area contributed by atoms with Gasteiger partial charge < -0.3 is 10.4 Å². The van der Waals surface area contributed by atoms with Crippen molar-refractivity contribution in [3.05, 3.63) is 0 Å². The molecule has 2 unspecified atom stereocenters. The van der Waals surface area contributed by atoms with Crippen molar-refractivity contribution in [3.8, 4) is 0 Å². The summed E-state index contributed by atoms with van der Waals surface area (Å²) in [7, 11) is 0. The third kappa shape index (κ3) is 5.79. The Morgan fingerprint density at radius 2 is 1.91 bits per heavy atom. The second-order valence-electron chi connectivity index (χ2n) is 7.58. The van der Waals surface area contributed by atoms with Crippen molar-refractivity contribution in [2.45, 2.75) is 77.3 Å². The highest BCUT2D eigenvalue weighted by Gasteiger charge is 2.29. The van der Waals surface area contributed by atoms with E-state index in [4.69, 9.17) is 5.11 Å². The predicted molar refractivity (Wildman–Crippen MR) is 90.2 cm³/mol. The van der Waals surface area contributed by atoms with Gasteiger partial charge in [0, 0.05) is 19.0 Å². The van der Waals surface area contributed by atoms with Crippen LogP contribution in [0, 0.1) is 11.8 Å². The summed E-state index contributed by atoms with van der Waals surface area (Å²) in [4.78, 5) is 25.5. The molecule has 1 saturated carbocycles. The average molecular weight is 324 g/mol. The molecule has 5 heteroatoms. The van der Waals surface area contributed by atoms with Gasteiger partial charge in [0.1, 0.15) is 0 Å². The minimum atomic E-state index is -0.723. The third-order valence-electron chi connectivity index (χ3n) is 5.61. The number of carbonyl (C=O) groups is 2. The van der Waals surface area contributed by atoms with Gasteiger partial charge in [-0.3, -0.25) is 14.5 Å². The standard InChI is InChI=1S/C18H32N2O3/c1-13-5-8-16(9-6-13)19-18(23)14(2)20-11-3-4-15(12-20)7-10-17(21)22/h13-16H,3-12H2,1-2H3,(H,19,23)(H,21,22). The van der Waals surface area contributed by atoms with Crippen LogP contribution in [0.5, 0.6) is 0 Å². The number of nitrogens with zero attached hydrogens (tertiary/aromatic N) is 1. The van der Waals surface area contributed by atoms with Crippen molar-refractivity contribution in [2.24, 2.45) is 11.8 Å². The number of amides is 1. The maximum Gasteiger partial charge on any atom is 0.303 e. The molecule has 132 valence electrons. The van der Waals surface area contributed by atoms with E-state index in [1.165, 1.54) is 12.8 Å². The van der Waals surface area contributed by atoms with Gasteiger partial charge in [0.15, 0.2) is 0 Å². The largest absolute Gasteiger partial charge is 0.481 e. The van der Waals surface area contributed by atoms with E-state index >= 15 is 0 Å². The van der Waals surface area contributed by atoms with Crippen molar-refractivity contribution >= 4 is 11.9 Å². The average Bonchev–Trinajstić information content (AvgIpc) is 2.54. The number of hydrogen-bond donors (Lipinski definition) is 2. The van der Waals surface area contributed by atoms with E-state index < -0.39 is 5.97 Å². The Morgan fingerprint density at radius 1 is 1.22 bits per heavy atom. The summed E-state index contributed by atoms with van der Waals surface area (Å²) in [6, 6.07) is 0.232. The summed E-state index contributed by atoms with van der Waals surface area (Å²) in [5, 5.41) is 12.1. The molecule has 2 N–H and O–H groups in total. The number of likely N-dealkylation sites (tertiary alicyclic amines) is 1. The van der Waals surface area contributed by atoms with Crippen LogP contribution in [0.1, 0.15) is 65.2 Å². The Bertz CT molecular complexity index is 405. The van der Waals surface area contributed by atoms with Crippen LogP contribution in [0.4, 0.5) is 0 Å². The van der Waals surface area contributed by atoms with Gasteiger partial charge in [-0.2, -0.15) is 0 Å². The van der Waals surface area contributed by atoms with Crippen LogP contribution in [-0.4, -0.2) is 47.1 Å². The normalized spacial score (nSPS) is 30.6. The highest BCUT2D eigenvalue weighted by atomic mass is 16.4. The zero-order chi connectivity index (χ0) is 16.8. The van der Waals surface area contributed by atoms with Crippen LogP contribution < -0.4 is 5.32 Å². The van der Waals surface area contributed by atoms with Crippen LogP contribution in [0.25, 0.3) is 0 Å². The van der Waals surface area contributed by atoms with E-state index in [1.54, 1.807) is 0 Å². The summed E-state index contributed by atoms with van der Waals surface area (Å²) in [5.41, 5.74) is 0. The summed E-state index contributed by atoms with van der Waals surface area (Å²) in [5.74, 6) is 0.617. The second-order valence-corrected chi connectivity index (χ2v) is 7.58. The molecule has 1 amide bonds. The lowest BCUT2D eigenvalue weighted by Gasteiger charge is -2.37. The van der Waals surface area contributed by atoms with Gasteiger partial charge in [-0.05, 0) is 70.3 Å². The Hall–Kier alpha value is -1.10. The molecule has 2 atom stereocenters. The van der Waals surface area contributed by atoms with Gasteiger partial charge in [-0.25, -0.2) is 0 Å². The van der Waals surface area contributed by atoms with E-state index in [1.807, 2.05) is 6.92 Å². The molecule has 2 fully saturated rings. The Kier molecular flexibility index (Phi) is 6.88. The predicted octanol–water partition coefficient (Wildman–Crippen LogP) is 2.65. The molecule has 1 aliphatic heterocycles. The molecular formula is C18H32N2O3. The van der Waals surface area contributed by atoms with Gasteiger partial charge in [0.25, 0.3) is 0 Å². The molecule has 23 heavy (non-hydrogen) atoms. The van der Waals surface area contributed by atoms with Gasteiger partial charge in [0.2, 0.25) is 5.91 Å². The number of aliphatic carboxylic acids is 1.